The summed E-state index contributed by atoms with van der Waals surface area (Å²) in [5.74, 6) is -0.900. The number of carbonyl (C=O) groups is 2. The van der Waals surface area contributed by atoms with Gasteiger partial charge in [0.05, 0.1) is 34.8 Å². The largest absolute Gasteiger partial charge is 0.334 e. The van der Waals surface area contributed by atoms with Crippen LogP contribution >= 0.6 is 11.3 Å². The Labute approximate surface area is 194 Å². The number of hydrogen-bond donors (Lipinski definition) is 2. The predicted molar refractivity (Wildman–Crippen MR) is 133 cm³/mol. The van der Waals surface area contributed by atoms with Crippen LogP contribution in [0.25, 0.3) is 17.0 Å². The van der Waals surface area contributed by atoms with Crippen molar-refractivity contribution in [2.75, 3.05) is 18.4 Å². The minimum absolute atomic E-state index is 0.305. The number of pyridine rings is 1. The number of carbonyl (C=O) groups excluding carboxylic acids is 2. The van der Waals surface area contributed by atoms with Gasteiger partial charge < -0.3 is 10.2 Å². The maximum absolute atomic E-state index is 12.2. The maximum Gasteiger partial charge on any atom is 0.314 e. The Morgan fingerprint density at radius 3 is 2.53 bits per heavy atom. The number of aromatic amines is 1. The Kier molecular flexibility index (Phi) is 11.9. The van der Waals surface area contributed by atoms with E-state index >= 15 is 0 Å². The number of fused-ring (bicyclic) bond motifs is 1. The highest BCUT2D eigenvalue weighted by molar-refractivity contribution is 7.09. The molecule has 3 heterocycles. The first-order valence-corrected chi connectivity index (χ1v) is 11.6. The van der Waals surface area contributed by atoms with Crippen LogP contribution in [0, 0.1) is 12.8 Å². The second kappa shape index (κ2) is 14.1. The van der Waals surface area contributed by atoms with Gasteiger partial charge in [0.2, 0.25) is 0 Å². The Morgan fingerprint density at radius 1 is 1.25 bits per heavy atom. The lowest BCUT2D eigenvalue weighted by molar-refractivity contribution is -0.143. The molecule has 174 valence electrons. The summed E-state index contributed by atoms with van der Waals surface area (Å²) in [6, 6.07) is 0. The van der Waals surface area contributed by atoms with Crippen molar-refractivity contribution in [3.63, 3.8) is 0 Å². The predicted octanol–water partition coefficient (Wildman–Crippen LogP) is 4.91. The molecule has 0 fully saturated rings. The second-order valence-electron chi connectivity index (χ2n) is 7.01. The molecule has 0 saturated heterocycles. The van der Waals surface area contributed by atoms with Crippen molar-refractivity contribution in [3.05, 3.63) is 40.7 Å². The lowest BCUT2D eigenvalue weighted by Gasteiger charge is -2.22. The molecule has 0 unspecified atom stereocenters. The number of H-pyrrole nitrogens is 1. The van der Waals surface area contributed by atoms with Crippen molar-refractivity contribution in [3.8, 4) is 0 Å². The number of allylic oxidation sites excluding steroid dienone is 1. The van der Waals surface area contributed by atoms with Crippen LogP contribution in [0.4, 0.5) is 5.69 Å². The molecule has 0 aliphatic heterocycles. The van der Waals surface area contributed by atoms with Gasteiger partial charge in [0, 0.05) is 29.5 Å². The molecule has 3 rings (SSSR count). The number of aromatic nitrogens is 4. The molecule has 0 aliphatic carbocycles. The second-order valence-corrected chi connectivity index (χ2v) is 8.07. The average Bonchev–Trinajstić information content (AvgIpc) is 3.43. The van der Waals surface area contributed by atoms with E-state index in [0.717, 1.165) is 11.1 Å². The number of hydrogen-bond acceptors (Lipinski definition) is 6. The van der Waals surface area contributed by atoms with Gasteiger partial charge in [-0.1, -0.05) is 33.8 Å². The van der Waals surface area contributed by atoms with Gasteiger partial charge in [0.1, 0.15) is 0 Å². The zero-order valence-corrected chi connectivity index (χ0v) is 20.8. The zero-order chi connectivity index (χ0) is 24.1. The van der Waals surface area contributed by atoms with Crippen LogP contribution in [0.5, 0.6) is 0 Å². The van der Waals surface area contributed by atoms with Crippen molar-refractivity contribution in [2.24, 2.45) is 5.92 Å². The molecule has 32 heavy (non-hydrogen) atoms. The minimum atomic E-state index is -0.665. The summed E-state index contributed by atoms with van der Waals surface area (Å²) in [4.78, 5) is 35.2. The van der Waals surface area contributed by atoms with E-state index in [0.29, 0.717) is 30.2 Å². The van der Waals surface area contributed by atoms with Gasteiger partial charge in [-0.2, -0.15) is 5.10 Å². The van der Waals surface area contributed by atoms with Crippen molar-refractivity contribution >= 4 is 45.8 Å². The molecule has 0 aromatic carbocycles. The molecule has 0 radical (unpaired) electrons. The van der Waals surface area contributed by atoms with Crippen molar-refractivity contribution in [1.82, 2.24) is 25.1 Å². The number of nitrogens with zero attached hydrogens (tertiary/aromatic N) is 4. The van der Waals surface area contributed by atoms with E-state index in [1.54, 1.807) is 23.7 Å². The molecule has 3 aromatic rings. The smallest absolute Gasteiger partial charge is 0.314 e. The lowest BCUT2D eigenvalue weighted by Crippen LogP contribution is -2.41. The SMILES string of the molecule is C/C=C\c1ncsc1C.CC.CCN(CC(C)C)C(=O)C(=O)Nc1cncc2cn[nH]c12. The van der Waals surface area contributed by atoms with E-state index in [1.165, 1.54) is 16.0 Å². The molecular weight excluding hydrogens is 424 g/mol. The Hall–Kier alpha value is -3.07. The molecule has 3 aromatic heterocycles. The summed E-state index contributed by atoms with van der Waals surface area (Å²) >= 11 is 1.68. The van der Waals surface area contributed by atoms with E-state index < -0.39 is 11.8 Å². The molecule has 0 bridgehead atoms. The quantitative estimate of drug-likeness (QED) is 0.529. The highest BCUT2D eigenvalue weighted by Crippen LogP contribution is 2.18. The molecular formula is C23H34N6O2S. The maximum atomic E-state index is 12.2. The summed E-state index contributed by atoms with van der Waals surface area (Å²) in [6.07, 6.45) is 8.75. The lowest BCUT2D eigenvalue weighted by atomic mass is 10.2. The number of thiazole rings is 1. The summed E-state index contributed by atoms with van der Waals surface area (Å²) in [5.41, 5.74) is 4.06. The summed E-state index contributed by atoms with van der Waals surface area (Å²) in [7, 11) is 0. The standard InChI is InChI=1S/C14H19N5O2.C7H9NS.C2H6/c1-4-19(8-9(2)3)14(21)13(20)17-11-7-15-5-10-6-16-18-12(10)11;1-3-4-7-6(2)9-5-8-7;1-2/h5-7,9H,4,8H2,1-3H3,(H,16,18)(H,17,20);3-5H,1-2H3;1-2H3/b;4-3-;. The minimum Gasteiger partial charge on any atom is -0.334 e. The number of likely N-dealkylation sites (N-methyl/N-ethyl adjacent to an activating group) is 1. The van der Waals surface area contributed by atoms with Crippen LogP contribution < -0.4 is 5.32 Å². The molecule has 0 aliphatic rings. The van der Waals surface area contributed by atoms with E-state index in [-0.39, 0.29) is 0 Å². The first kappa shape index (κ1) is 27.0. The van der Waals surface area contributed by atoms with Gasteiger partial charge in [-0.3, -0.25) is 19.7 Å². The van der Waals surface area contributed by atoms with Crippen LogP contribution in [-0.4, -0.2) is 50.0 Å². The Balaban J connectivity index is 0.000000388. The summed E-state index contributed by atoms with van der Waals surface area (Å²) in [6.45, 7) is 15.0. The highest BCUT2D eigenvalue weighted by atomic mass is 32.1. The summed E-state index contributed by atoms with van der Waals surface area (Å²) in [5, 5.41) is 10.0. The third kappa shape index (κ3) is 7.88. The number of aryl methyl sites for hydroxylation is 1. The molecule has 8 nitrogen and oxygen atoms in total. The van der Waals surface area contributed by atoms with E-state index in [1.807, 2.05) is 59.2 Å². The van der Waals surface area contributed by atoms with E-state index in [4.69, 9.17) is 0 Å². The molecule has 2 N–H and O–H groups in total. The topological polar surface area (TPSA) is 104 Å². The highest BCUT2D eigenvalue weighted by Gasteiger charge is 2.22. The zero-order valence-electron chi connectivity index (χ0n) is 20.0. The number of amides is 2. The van der Waals surface area contributed by atoms with Crippen LogP contribution in [-0.2, 0) is 9.59 Å². The summed E-state index contributed by atoms with van der Waals surface area (Å²) < 4.78 is 0. The first-order chi connectivity index (χ1) is 15.4. The average molecular weight is 459 g/mol. The van der Waals surface area contributed by atoms with Crippen molar-refractivity contribution in [1.29, 1.82) is 0 Å². The van der Waals surface area contributed by atoms with Gasteiger partial charge in [-0.05, 0) is 32.8 Å². The van der Waals surface area contributed by atoms with Crippen LogP contribution in [0.1, 0.15) is 52.1 Å². The fourth-order valence-electron chi connectivity index (χ4n) is 2.71. The first-order valence-electron chi connectivity index (χ1n) is 10.8. The Morgan fingerprint density at radius 2 is 1.97 bits per heavy atom. The van der Waals surface area contributed by atoms with Crippen LogP contribution in [0.15, 0.2) is 30.2 Å². The van der Waals surface area contributed by atoms with Gasteiger partial charge in [-0.15, -0.1) is 11.3 Å². The fraction of sp³-hybridized carbons (Fsp3) is 0.435. The third-order valence-corrected chi connectivity index (χ3v) is 4.93. The van der Waals surface area contributed by atoms with Gasteiger partial charge in [0.15, 0.2) is 0 Å². The van der Waals surface area contributed by atoms with Gasteiger partial charge >= 0.3 is 11.8 Å². The van der Waals surface area contributed by atoms with Gasteiger partial charge in [0.25, 0.3) is 0 Å². The van der Waals surface area contributed by atoms with E-state index in [2.05, 4.69) is 32.4 Å². The third-order valence-electron chi connectivity index (χ3n) is 4.16. The van der Waals surface area contributed by atoms with Crippen molar-refractivity contribution in [2.45, 2.75) is 48.5 Å². The van der Waals surface area contributed by atoms with E-state index in [9.17, 15) is 9.59 Å². The fourth-order valence-corrected chi connectivity index (χ4v) is 3.27. The number of rotatable bonds is 5. The molecule has 2 amide bonds. The Bertz CT molecular complexity index is 1010. The molecule has 0 atom stereocenters. The van der Waals surface area contributed by atoms with Crippen LogP contribution in [0.3, 0.4) is 0 Å². The normalized spacial score (nSPS) is 10.4. The van der Waals surface area contributed by atoms with Crippen molar-refractivity contribution < 1.29 is 9.59 Å². The number of anilines is 1. The molecule has 0 spiro atoms. The number of nitrogens with one attached hydrogen (secondary N) is 2. The molecule has 0 saturated carbocycles. The molecule has 9 heteroatoms. The van der Waals surface area contributed by atoms with Gasteiger partial charge in [-0.25, -0.2) is 4.98 Å². The monoisotopic (exact) mass is 458 g/mol. The van der Waals surface area contributed by atoms with Crippen LogP contribution in [0.2, 0.25) is 0 Å².